The lowest BCUT2D eigenvalue weighted by Gasteiger charge is -2.40. The van der Waals surface area contributed by atoms with Crippen molar-refractivity contribution < 1.29 is 0 Å². The van der Waals surface area contributed by atoms with Crippen LogP contribution >= 0.6 is 0 Å². The highest BCUT2D eigenvalue weighted by molar-refractivity contribution is 4.90. The van der Waals surface area contributed by atoms with Gasteiger partial charge in [-0.15, -0.1) is 0 Å². The van der Waals surface area contributed by atoms with Gasteiger partial charge in [0.15, 0.2) is 0 Å². The standard InChI is InChI=1S/C10H21N/c1-4-10(5-2)8-9(3)6-7-11-10/h9,11H,4-8H2,1-3H3/t9-/m0/s1. The molecule has 1 aliphatic rings. The Morgan fingerprint density at radius 2 is 2.00 bits per heavy atom. The lowest BCUT2D eigenvalue weighted by molar-refractivity contribution is 0.191. The highest BCUT2D eigenvalue weighted by atomic mass is 15.0. The van der Waals surface area contributed by atoms with Crippen LogP contribution in [0.2, 0.25) is 0 Å². The third-order valence-electron chi connectivity index (χ3n) is 3.23. The van der Waals surface area contributed by atoms with Crippen LogP contribution in [-0.2, 0) is 0 Å². The predicted octanol–water partition coefficient (Wildman–Crippen LogP) is 2.56. The summed E-state index contributed by atoms with van der Waals surface area (Å²) < 4.78 is 0. The Labute approximate surface area is 70.6 Å². The molecule has 1 nitrogen and oxygen atoms in total. The number of piperidine rings is 1. The fraction of sp³-hybridized carbons (Fsp3) is 1.00. The molecule has 0 bridgehead atoms. The van der Waals surface area contributed by atoms with Gasteiger partial charge in [0.1, 0.15) is 0 Å². The molecule has 0 aliphatic carbocycles. The molecule has 1 rings (SSSR count). The first-order chi connectivity index (χ1) is 5.22. The number of hydrogen-bond acceptors (Lipinski definition) is 1. The summed E-state index contributed by atoms with van der Waals surface area (Å²) in [6.45, 7) is 8.20. The second kappa shape index (κ2) is 3.57. The third-order valence-corrected chi connectivity index (χ3v) is 3.23. The van der Waals surface area contributed by atoms with E-state index in [0.29, 0.717) is 5.54 Å². The van der Waals surface area contributed by atoms with E-state index >= 15 is 0 Å². The summed E-state index contributed by atoms with van der Waals surface area (Å²) in [4.78, 5) is 0. The van der Waals surface area contributed by atoms with Crippen molar-refractivity contribution in [1.82, 2.24) is 5.32 Å². The molecule has 66 valence electrons. The van der Waals surface area contributed by atoms with Crippen LogP contribution in [0.1, 0.15) is 46.5 Å². The summed E-state index contributed by atoms with van der Waals surface area (Å²) in [6.07, 6.45) is 5.31. The van der Waals surface area contributed by atoms with Gasteiger partial charge < -0.3 is 5.32 Å². The molecule has 1 atom stereocenters. The van der Waals surface area contributed by atoms with E-state index in [1.165, 1.54) is 32.2 Å². The summed E-state index contributed by atoms with van der Waals surface area (Å²) in [5, 5.41) is 3.66. The first-order valence-electron chi connectivity index (χ1n) is 4.97. The zero-order valence-corrected chi connectivity index (χ0v) is 8.11. The molecule has 0 aromatic heterocycles. The molecule has 0 amide bonds. The molecule has 0 aromatic carbocycles. The van der Waals surface area contributed by atoms with Crippen molar-refractivity contribution in [3.8, 4) is 0 Å². The quantitative estimate of drug-likeness (QED) is 0.646. The molecule has 0 radical (unpaired) electrons. The number of rotatable bonds is 2. The monoisotopic (exact) mass is 155 g/mol. The molecule has 1 saturated heterocycles. The molecule has 1 N–H and O–H groups in total. The van der Waals surface area contributed by atoms with Gasteiger partial charge >= 0.3 is 0 Å². The second-order valence-corrected chi connectivity index (χ2v) is 4.01. The zero-order chi connectivity index (χ0) is 8.32. The summed E-state index contributed by atoms with van der Waals surface area (Å²) in [7, 11) is 0. The van der Waals surface area contributed by atoms with Crippen LogP contribution in [-0.4, -0.2) is 12.1 Å². The maximum Gasteiger partial charge on any atom is 0.0178 e. The van der Waals surface area contributed by atoms with Gasteiger partial charge in [0.05, 0.1) is 0 Å². The summed E-state index contributed by atoms with van der Waals surface area (Å²) in [6, 6.07) is 0. The van der Waals surface area contributed by atoms with Gasteiger partial charge in [0, 0.05) is 5.54 Å². The summed E-state index contributed by atoms with van der Waals surface area (Å²) in [5.74, 6) is 0.927. The predicted molar refractivity (Wildman–Crippen MR) is 49.7 cm³/mol. The Kier molecular flexibility index (Phi) is 2.94. The van der Waals surface area contributed by atoms with E-state index in [0.717, 1.165) is 5.92 Å². The van der Waals surface area contributed by atoms with E-state index in [1.54, 1.807) is 0 Å². The van der Waals surface area contributed by atoms with E-state index in [9.17, 15) is 0 Å². The van der Waals surface area contributed by atoms with Crippen molar-refractivity contribution in [3.63, 3.8) is 0 Å². The molecule has 1 aliphatic heterocycles. The van der Waals surface area contributed by atoms with Crippen molar-refractivity contribution >= 4 is 0 Å². The van der Waals surface area contributed by atoms with Crippen molar-refractivity contribution in [2.45, 2.75) is 52.0 Å². The SMILES string of the molecule is CCC1(CC)C[C@@H](C)CCN1. The largest absolute Gasteiger partial charge is 0.311 e. The Morgan fingerprint density at radius 1 is 1.36 bits per heavy atom. The number of nitrogens with one attached hydrogen (secondary N) is 1. The van der Waals surface area contributed by atoms with Gasteiger partial charge in [-0.05, 0) is 38.1 Å². The van der Waals surface area contributed by atoms with Crippen LogP contribution in [0.25, 0.3) is 0 Å². The molecule has 1 heteroatoms. The van der Waals surface area contributed by atoms with E-state index < -0.39 is 0 Å². The van der Waals surface area contributed by atoms with Crippen LogP contribution in [0.4, 0.5) is 0 Å². The van der Waals surface area contributed by atoms with E-state index in [1.807, 2.05) is 0 Å². The minimum Gasteiger partial charge on any atom is -0.311 e. The molecule has 0 aromatic rings. The van der Waals surface area contributed by atoms with E-state index in [2.05, 4.69) is 26.1 Å². The lowest BCUT2D eigenvalue weighted by Crippen LogP contribution is -2.49. The fourth-order valence-corrected chi connectivity index (χ4v) is 2.21. The van der Waals surface area contributed by atoms with Crippen molar-refractivity contribution in [1.29, 1.82) is 0 Å². The van der Waals surface area contributed by atoms with Gasteiger partial charge in [-0.3, -0.25) is 0 Å². The minimum atomic E-state index is 0.484. The molecular weight excluding hydrogens is 134 g/mol. The number of hydrogen-bond donors (Lipinski definition) is 1. The Balaban J connectivity index is 2.52. The van der Waals surface area contributed by atoms with Crippen LogP contribution in [0.15, 0.2) is 0 Å². The maximum absolute atomic E-state index is 3.66. The Bertz CT molecular complexity index is 116. The summed E-state index contributed by atoms with van der Waals surface area (Å²) in [5.41, 5.74) is 0.484. The van der Waals surface area contributed by atoms with Gasteiger partial charge in [0.25, 0.3) is 0 Å². The molecular formula is C10H21N. The highest BCUT2D eigenvalue weighted by Crippen LogP contribution is 2.29. The molecule has 11 heavy (non-hydrogen) atoms. The first-order valence-corrected chi connectivity index (χ1v) is 4.97. The fourth-order valence-electron chi connectivity index (χ4n) is 2.21. The molecule has 1 heterocycles. The van der Waals surface area contributed by atoms with Crippen molar-refractivity contribution in [2.75, 3.05) is 6.54 Å². The maximum atomic E-state index is 3.66. The zero-order valence-electron chi connectivity index (χ0n) is 8.11. The Morgan fingerprint density at radius 3 is 2.36 bits per heavy atom. The molecule has 0 unspecified atom stereocenters. The average Bonchev–Trinajstić information content (AvgIpc) is 2.04. The topological polar surface area (TPSA) is 12.0 Å². The lowest BCUT2D eigenvalue weighted by atomic mass is 9.79. The van der Waals surface area contributed by atoms with Crippen LogP contribution in [0, 0.1) is 5.92 Å². The molecule has 1 fully saturated rings. The first kappa shape index (κ1) is 9.05. The third kappa shape index (κ3) is 1.96. The molecule has 0 saturated carbocycles. The van der Waals surface area contributed by atoms with Crippen LogP contribution in [0.5, 0.6) is 0 Å². The molecule has 0 spiro atoms. The Hall–Kier alpha value is -0.0400. The van der Waals surface area contributed by atoms with Gasteiger partial charge in [-0.25, -0.2) is 0 Å². The van der Waals surface area contributed by atoms with Gasteiger partial charge in [0.2, 0.25) is 0 Å². The van der Waals surface area contributed by atoms with Gasteiger partial charge in [-0.1, -0.05) is 20.8 Å². The highest BCUT2D eigenvalue weighted by Gasteiger charge is 2.30. The van der Waals surface area contributed by atoms with Gasteiger partial charge in [-0.2, -0.15) is 0 Å². The van der Waals surface area contributed by atoms with Crippen LogP contribution in [0.3, 0.4) is 0 Å². The normalized spacial score (nSPS) is 30.3. The smallest absolute Gasteiger partial charge is 0.0178 e. The summed E-state index contributed by atoms with van der Waals surface area (Å²) >= 11 is 0. The van der Waals surface area contributed by atoms with E-state index in [4.69, 9.17) is 0 Å². The second-order valence-electron chi connectivity index (χ2n) is 4.01. The van der Waals surface area contributed by atoms with Crippen molar-refractivity contribution in [3.05, 3.63) is 0 Å². The van der Waals surface area contributed by atoms with E-state index in [-0.39, 0.29) is 0 Å². The minimum absolute atomic E-state index is 0.484. The average molecular weight is 155 g/mol. The van der Waals surface area contributed by atoms with Crippen molar-refractivity contribution in [2.24, 2.45) is 5.92 Å². The van der Waals surface area contributed by atoms with Crippen LogP contribution < -0.4 is 5.32 Å².